The zero-order valence-electron chi connectivity index (χ0n) is 15.1. The number of carbonyl (C=O) groups is 1. The van der Waals surface area contributed by atoms with E-state index in [1.54, 1.807) is 16.7 Å². The number of alkyl halides is 3. The predicted molar refractivity (Wildman–Crippen MR) is 102 cm³/mol. The Morgan fingerprint density at radius 1 is 1.04 bits per heavy atom. The third-order valence-corrected chi connectivity index (χ3v) is 6.17. The Hall–Kier alpha value is -2.35. The van der Waals surface area contributed by atoms with E-state index in [1.165, 1.54) is 34.7 Å². The van der Waals surface area contributed by atoms with Crippen molar-refractivity contribution in [3.63, 3.8) is 0 Å². The maximum absolute atomic E-state index is 12.8. The molecular formula is C20H19F3N2O2S. The van der Waals surface area contributed by atoms with E-state index >= 15 is 0 Å². The monoisotopic (exact) mass is 408 g/mol. The minimum Gasteiger partial charge on any atom is -0.406 e. The molecule has 2 aliphatic rings. The van der Waals surface area contributed by atoms with Crippen molar-refractivity contribution in [3.8, 4) is 5.75 Å². The van der Waals surface area contributed by atoms with Gasteiger partial charge in [-0.15, -0.1) is 24.9 Å². The van der Waals surface area contributed by atoms with Crippen molar-refractivity contribution in [3.05, 3.63) is 54.1 Å². The molecule has 4 rings (SSSR count). The molecule has 4 nitrogen and oxygen atoms in total. The van der Waals surface area contributed by atoms with Gasteiger partial charge in [-0.25, -0.2) is 4.79 Å². The standard InChI is InChI=1S/C20H19F3N2O2S/c1-13-2-8-17(9-3-13)28-18-10-15-11-24(19(26)25(15)12-18)14-4-6-16(7-5-14)27-20(21,22)23/h2-9,15,18H,10-12H2,1H3/t15-,18+/m0/s1. The molecule has 0 N–H and O–H groups in total. The number of hydrogen-bond acceptors (Lipinski definition) is 3. The van der Waals surface area contributed by atoms with Gasteiger partial charge in [0.1, 0.15) is 5.75 Å². The summed E-state index contributed by atoms with van der Waals surface area (Å²) in [6.45, 7) is 3.27. The Kier molecular flexibility index (Phi) is 4.91. The van der Waals surface area contributed by atoms with Gasteiger partial charge in [-0.3, -0.25) is 4.90 Å². The van der Waals surface area contributed by atoms with Gasteiger partial charge < -0.3 is 9.64 Å². The van der Waals surface area contributed by atoms with Crippen LogP contribution in [0.25, 0.3) is 0 Å². The molecule has 0 aromatic heterocycles. The molecule has 2 saturated heterocycles. The average Bonchev–Trinajstić information content (AvgIpc) is 3.15. The van der Waals surface area contributed by atoms with E-state index in [1.807, 2.05) is 4.90 Å². The van der Waals surface area contributed by atoms with Crippen LogP contribution in [0.5, 0.6) is 5.75 Å². The smallest absolute Gasteiger partial charge is 0.406 e. The van der Waals surface area contributed by atoms with Crippen LogP contribution in [0.3, 0.4) is 0 Å². The second kappa shape index (κ2) is 7.24. The third-order valence-electron chi connectivity index (χ3n) is 4.95. The number of fused-ring (bicyclic) bond motifs is 1. The maximum atomic E-state index is 12.8. The number of thioether (sulfide) groups is 1. The molecule has 0 saturated carbocycles. The van der Waals surface area contributed by atoms with Gasteiger partial charge in [0.2, 0.25) is 0 Å². The summed E-state index contributed by atoms with van der Waals surface area (Å²) in [6.07, 6.45) is -3.83. The highest BCUT2D eigenvalue weighted by atomic mass is 32.2. The summed E-state index contributed by atoms with van der Waals surface area (Å²) in [4.78, 5) is 17.5. The van der Waals surface area contributed by atoms with Gasteiger partial charge in [-0.1, -0.05) is 17.7 Å². The molecule has 28 heavy (non-hydrogen) atoms. The van der Waals surface area contributed by atoms with Crippen molar-refractivity contribution in [2.45, 2.75) is 35.9 Å². The van der Waals surface area contributed by atoms with E-state index in [0.717, 1.165) is 6.42 Å². The van der Waals surface area contributed by atoms with E-state index in [-0.39, 0.29) is 17.8 Å². The van der Waals surface area contributed by atoms with Gasteiger partial charge in [0.15, 0.2) is 0 Å². The van der Waals surface area contributed by atoms with E-state index in [4.69, 9.17) is 0 Å². The van der Waals surface area contributed by atoms with Gasteiger partial charge in [0, 0.05) is 28.9 Å². The first-order chi connectivity index (χ1) is 13.3. The summed E-state index contributed by atoms with van der Waals surface area (Å²) in [6, 6.07) is 13.8. The molecule has 2 heterocycles. The number of ether oxygens (including phenoxy) is 1. The second-order valence-electron chi connectivity index (χ2n) is 7.03. The fourth-order valence-electron chi connectivity index (χ4n) is 3.66. The maximum Gasteiger partial charge on any atom is 0.573 e. The third kappa shape index (κ3) is 4.06. The summed E-state index contributed by atoms with van der Waals surface area (Å²) in [5.41, 5.74) is 1.80. The van der Waals surface area contributed by atoms with E-state index in [0.29, 0.717) is 24.0 Å². The number of hydrogen-bond donors (Lipinski definition) is 0. The first kappa shape index (κ1) is 19.0. The molecule has 0 bridgehead atoms. The molecule has 2 aromatic rings. The predicted octanol–water partition coefficient (Wildman–Crippen LogP) is 5.07. The fraction of sp³-hybridized carbons (Fsp3) is 0.350. The Bertz CT molecular complexity index is 855. The van der Waals surface area contributed by atoms with Crippen LogP contribution in [-0.4, -0.2) is 41.7 Å². The molecule has 2 atom stereocenters. The zero-order chi connectivity index (χ0) is 19.9. The summed E-state index contributed by atoms with van der Waals surface area (Å²) in [5, 5.41) is 0.348. The van der Waals surface area contributed by atoms with Crippen molar-refractivity contribution in [2.75, 3.05) is 18.0 Å². The van der Waals surface area contributed by atoms with E-state index < -0.39 is 6.36 Å². The van der Waals surface area contributed by atoms with Crippen LogP contribution in [-0.2, 0) is 0 Å². The van der Waals surface area contributed by atoms with Crippen molar-refractivity contribution >= 4 is 23.5 Å². The number of benzene rings is 2. The lowest BCUT2D eigenvalue weighted by molar-refractivity contribution is -0.274. The number of carbonyl (C=O) groups excluding carboxylic acids is 1. The van der Waals surface area contributed by atoms with Crippen molar-refractivity contribution in [1.82, 2.24) is 4.90 Å². The number of anilines is 1. The topological polar surface area (TPSA) is 32.8 Å². The highest BCUT2D eigenvalue weighted by Gasteiger charge is 2.44. The first-order valence-electron chi connectivity index (χ1n) is 8.96. The van der Waals surface area contributed by atoms with Gasteiger partial charge in [-0.2, -0.15) is 0 Å². The van der Waals surface area contributed by atoms with E-state index in [2.05, 4.69) is 35.9 Å². The van der Waals surface area contributed by atoms with Crippen LogP contribution in [0, 0.1) is 6.92 Å². The normalized spacial score (nSPS) is 21.9. The number of urea groups is 1. The summed E-state index contributed by atoms with van der Waals surface area (Å²) < 4.78 is 40.7. The highest BCUT2D eigenvalue weighted by Crippen LogP contribution is 2.38. The molecule has 2 amide bonds. The summed E-state index contributed by atoms with van der Waals surface area (Å²) in [7, 11) is 0. The van der Waals surface area contributed by atoms with Gasteiger partial charge in [0.05, 0.1) is 6.04 Å². The number of halogens is 3. The minimum atomic E-state index is -4.72. The van der Waals surface area contributed by atoms with Crippen molar-refractivity contribution < 1.29 is 22.7 Å². The molecule has 8 heteroatoms. The molecule has 0 spiro atoms. The Balaban J connectivity index is 1.38. The molecular weight excluding hydrogens is 389 g/mol. The Morgan fingerprint density at radius 2 is 1.71 bits per heavy atom. The summed E-state index contributed by atoms with van der Waals surface area (Å²) >= 11 is 1.79. The lowest BCUT2D eigenvalue weighted by Crippen LogP contribution is -2.33. The Morgan fingerprint density at radius 3 is 2.32 bits per heavy atom. The zero-order valence-corrected chi connectivity index (χ0v) is 16.0. The molecule has 2 aliphatic heterocycles. The minimum absolute atomic E-state index is 0.0958. The molecule has 0 aliphatic carbocycles. The number of rotatable bonds is 4. The fourth-order valence-corrected chi connectivity index (χ4v) is 4.89. The van der Waals surface area contributed by atoms with Gasteiger partial charge in [0.25, 0.3) is 0 Å². The SMILES string of the molecule is Cc1ccc(S[C@@H]2C[C@H]3CN(c4ccc(OC(F)(F)F)cc4)C(=O)N3C2)cc1. The lowest BCUT2D eigenvalue weighted by atomic mass is 10.2. The van der Waals surface area contributed by atoms with Gasteiger partial charge >= 0.3 is 12.4 Å². The molecule has 0 unspecified atom stereocenters. The van der Waals surface area contributed by atoms with Crippen LogP contribution in [0.1, 0.15) is 12.0 Å². The van der Waals surface area contributed by atoms with Crippen LogP contribution in [0.2, 0.25) is 0 Å². The van der Waals surface area contributed by atoms with Crippen LogP contribution >= 0.6 is 11.8 Å². The number of aryl methyl sites for hydroxylation is 1. The van der Waals surface area contributed by atoms with Gasteiger partial charge in [-0.05, 0) is 49.7 Å². The lowest BCUT2D eigenvalue weighted by Gasteiger charge is -2.19. The quantitative estimate of drug-likeness (QED) is 0.708. The summed E-state index contributed by atoms with van der Waals surface area (Å²) in [5.74, 6) is -0.294. The average molecular weight is 408 g/mol. The number of amides is 2. The van der Waals surface area contributed by atoms with Crippen molar-refractivity contribution in [1.29, 1.82) is 0 Å². The van der Waals surface area contributed by atoms with Crippen LogP contribution in [0.15, 0.2) is 53.4 Å². The van der Waals surface area contributed by atoms with Crippen LogP contribution < -0.4 is 9.64 Å². The molecule has 0 radical (unpaired) electrons. The Labute approximate surface area is 165 Å². The molecule has 2 fully saturated rings. The highest BCUT2D eigenvalue weighted by molar-refractivity contribution is 8.00. The van der Waals surface area contributed by atoms with Crippen LogP contribution in [0.4, 0.5) is 23.7 Å². The second-order valence-corrected chi connectivity index (χ2v) is 8.40. The van der Waals surface area contributed by atoms with Crippen molar-refractivity contribution in [2.24, 2.45) is 0 Å². The molecule has 2 aromatic carbocycles. The molecule has 148 valence electrons. The largest absolute Gasteiger partial charge is 0.573 e. The van der Waals surface area contributed by atoms with E-state index in [9.17, 15) is 18.0 Å². The number of nitrogens with zero attached hydrogens (tertiary/aromatic N) is 2. The first-order valence-corrected chi connectivity index (χ1v) is 9.84.